The van der Waals surface area contributed by atoms with Crippen LogP contribution >= 0.6 is 0 Å². The van der Waals surface area contributed by atoms with Crippen LogP contribution in [0, 0.1) is 28.8 Å². The average molecular weight is 518 g/mol. The third-order valence-electron chi connectivity index (χ3n) is 5.53. The van der Waals surface area contributed by atoms with Gasteiger partial charge in [0.05, 0.1) is 18.3 Å². The molecule has 0 aliphatic carbocycles. The van der Waals surface area contributed by atoms with Crippen molar-refractivity contribution in [1.82, 2.24) is 20.6 Å². The highest BCUT2D eigenvalue weighted by atomic mass is 19.3. The van der Waals surface area contributed by atoms with E-state index >= 15 is 8.78 Å². The molecular formula is C24H19F5N6O2. The topological polar surface area (TPSA) is 97.0 Å². The first-order valence-corrected chi connectivity index (χ1v) is 10.7. The minimum Gasteiger partial charge on any atom is -0.487 e. The summed E-state index contributed by atoms with van der Waals surface area (Å²) in [5, 5.41) is 26.2. The maximum absolute atomic E-state index is 15.8. The number of alkyl halides is 2. The highest BCUT2D eigenvalue weighted by Gasteiger charge is 2.58. The predicted octanol–water partition coefficient (Wildman–Crippen LogP) is 3.54. The Bertz CT molecular complexity index is 1360. The Labute approximate surface area is 207 Å². The molecule has 192 valence electrons. The number of rotatable bonds is 8. The van der Waals surface area contributed by atoms with Gasteiger partial charge >= 0.3 is 5.92 Å². The second kappa shape index (κ2) is 10.00. The van der Waals surface area contributed by atoms with Crippen LogP contribution < -0.4 is 10.3 Å². The van der Waals surface area contributed by atoms with E-state index in [-0.39, 0.29) is 17.9 Å². The van der Waals surface area contributed by atoms with Crippen molar-refractivity contribution in [2.75, 3.05) is 13.6 Å². The zero-order valence-electron chi connectivity index (χ0n) is 19.2. The van der Waals surface area contributed by atoms with E-state index in [9.17, 15) is 18.3 Å². The number of hydrazine groups is 2. The number of aliphatic hydroxyl groups is 1. The Balaban J connectivity index is 1.60. The first-order chi connectivity index (χ1) is 17.5. The minimum atomic E-state index is -4.19. The Morgan fingerprint density at radius 1 is 1.08 bits per heavy atom. The molecule has 3 aromatic rings. The van der Waals surface area contributed by atoms with Crippen molar-refractivity contribution in [2.45, 2.75) is 18.1 Å². The number of halogens is 5. The molecule has 2 N–H and O–H groups in total. The van der Waals surface area contributed by atoms with Gasteiger partial charge in [-0.15, -0.1) is 10.6 Å². The number of nitriles is 1. The number of pyridine rings is 1. The lowest BCUT2D eigenvalue weighted by molar-refractivity contribution is -0.212. The summed E-state index contributed by atoms with van der Waals surface area (Å²) < 4.78 is 78.7. The Hall–Kier alpha value is -4.28. The lowest BCUT2D eigenvalue weighted by atomic mass is 9.84. The highest BCUT2D eigenvalue weighted by Crippen LogP contribution is 2.46. The minimum absolute atomic E-state index is 0.0614. The Morgan fingerprint density at radius 3 is 2.49 bits per heavy atom. The summed E-state index contributed by atoms with van der Waals surface area (Å²) in [6.07, 6.45) is 2.21. The van der Waals surface area contributed by atoms with E-state index in [1.54, 1.807) is 6.07 Å². The van der Waals surface area contributed by atoms with E-state index in [0.717, 1.165) is 41.6 Å². The van der Waals surface area contributed by atoms with Crippen LogP contribution in [-0.2, 0) is 18.1 Å². The second-order valence-electron chi connectivity index (χ2n) is 8.15. The fourth-order valence-corrected chi connectivity index (χ4v) is 3.62. The number of aromatic nitrogens is 1. The summed E-state index contributed by atoms with van der Waals surface area (Å²) in [6, 6.07) is 9.42. The zero-order chi connectivity index (χ0) is 26.8. The largest absolute Gasteiger partial charge is 0.487 e. The number of nitrogens with zero attached hydrogens (tertiary/aromatic N) is 5. The van der Waals surface area contributed by atoms with E-state index in [2.05, 4.69) is 15.6 Å². The summed E-state index contributed by atoms with van der Waals surface area (Å²) in [6.45, 7) is -1.04. The first-order valence-electron chi connectivity index (χ1n) is 10.7. The average Bonchev–Trinajstić information content (AvgIpc) is 3.27. The van der Waals surface area contributed by atoms with Crippen LogP contribution in [0.5, 0.6) is 5.75 Å². The van der Waals surface area contributed by atoms with Crippen LogP contribution in [0.4, 0.5) is 22.0 Å². The van der Waals surface area contributed by atoms with Gasteiger partial charge < -0.3 is 9.84 Å². The van der Waals surface area contributed by atoms with Crippen molar-refractivity contribution in [3.05, 3.63) is 94.6 Å². The van der Waals surface area contributed by atoms with Crippen LogP contribution in [0.1, 0.15) is 22.4 Å². The van der Waals surface area contributed by atoms with E-state index in [0.29, 0.717) is 11.6 Å². The third kappa shape index (κ3) is 5.16. The SMILES string of the molecule is CN1C=NN(CC(O)(c2ccc(F)cc2F)C(F)(F)c2ccc(OCc3ccc(F)c(C#N)c3)cn2)N1. The van der Waals surface area contributed by atoms with Gasteiger partial charge in [-0.05, 0) is 42.0 Å². The van der Waals surface area contributed by atoms with Crippen molar-refractivity contribution in [3.8, 4) is 11.8 Å². The van der Waals surface area contributed by atoms with Gasteiger partial charge in [0.25, 0.3) is 0 Å². The van der Waals surface area contributed by atoms with E-state index < -0.39 is 46.8 Å². The summed E-state index contributed by atoms with van der Waals surface area (Å²) in [4.78, 5) is 3.71. The molecular weight excluding hydrogens is 499 g/mol. The van der Waals surface area contributed by atoms with Gasteiger partial charge in [-0.25, -0.2) is 18.3 Å². The molecule has 0 spiro atoms. The molecule has 4 rings (SSSR count). The molecule has 0 amide bonds. The van der Waals surface area contributed by atoms with Crippen molar-refractivity contribution < 1.29 is 31.8 Å². The van der Waals surface area contributed by atoms with Crippen LogP contribution in [0.3, 0.4) is 0 Å². The summed E-state index contributed by atoms with van der Waals surface area (Å²) in [7, 11) is 1.52. The first kappa shape index (κ1) is 25.8. The molecule has 0 saturated heterocycles. The smallest absolute Gasteiger partial charge is 0.323 e. The van der Waals surface area contributed by atoms with E-state index in [1.807, 2.05) is 0 Å². The van der Waals surface area contributed by atoms with E-state index in [4.69, 9.17) is 10.00 Å². The molecule has 1 aromatic heterocycles. The van der Waals surface area contributed by atoms with E-state index in [1.165, 1.54) is 30.5 Å². The molecule has 0 bridgehead atoms. The molecule has 0 saturated carbocycles. The zero-order valence-corrected chi connectivity index (χ0v) is 19.2. The van der Waals surface area contributed by atoms with Gasteiger partial charge in [-0.1, -0.05) is 6.07 Å². The molecule has 2 heterocycles. The Morgan fingerprint density at radius 2 is 1.86 bits per heavy atom. The molecule has 0 fully saturated rings. The fourth-order valence-electron chi connectivity index (χ4n) is 3.62. The van der Waals surface area contributed by atoms with Crippen molar-refractivity contribution in [1.29, 1.82) is 5.26 Å². The van der Waals surface area contributed by atoms with Gasteiger partial charge in [-0.2, -0.15) is 14.0 Å². The number of hydrogen-bond acceptors (Lipinski definition) is 8. The molecule has 13 heteroatoms. The fraction of sp³-hybridized carbons (Fsp3) is 0.208. The van der Waals surface area contributed by atoms with Gasteiger partial charge in [-0.3, -0.25) is 9.99 Å². The molecule has 1 atom stereocenters. The monoisotopic (exact) mass is 518 g/mol. The Kier molecular flexibility index (Phi) is 6.97. The summed E-state index contributed by atoms with van der Waals surface area (Å²) in [5.41, 5.74) is -2.19. The van der Waals surface area contributed by atoms with Gasteiger partial charge in [0.2, 0.25) is 0 Å². The predicted molar refractivity (Wildman–Crippen MR) is 120 cm³/mol. The quantitative estimate of drug-likeness (QED) is 0.441. The van der Waals surface area contributed by atoms with Crippen molar-refractivity contribution >= 4 is 6.34 Å². The van der Waals surface area contributed by atoms with Crippen LogP contribution in [0.25, 0.3) is 0 Å². The summed E-state index contributed by atoms with van der Waals surface area (Å²) in [5.74, 6) is -7.21. The van der Waals surface area contributed by atoms with Crippen molar-refractivity contribution in [2.24, 2.45) is 5.10 Å². The molecule has 1 aliphatic rings. The number of nitrogens with one attached hydrogen (secondary N) is 1. The maximum Gasteiger partial charge on any atom is 0.323 e. The number of hydrogen-bond donors (Lipinski definition) is 2. The van der Waals surface area contributed by atoms with Crippen LogP contribution in [-0.4, -0.2) is 40.1 Å². The number of hydrazone groups is 1. The van der Waals surface area contributed by atoms with Crippen LogP contribution in [0.2, 0.25) is 0 Å². The number of benzene rings is 2. The third-order valence-corrected chi connectivity index (χ3v) is 5.53. The molecule has 37 heavy (non-hydrogen) atoms. The summed E-state index contributed by atoms with van der Waals surface area (Å²) >= 11 is 0. The molecule has 1 aliphatic heterocycles. The second-order valence-corrected chi connectivity index (χ2v) is 8.15. The van der Waals surface area contributed by atoms with Gasteiger partial charge in [0.1, 0.15) is 47.9 Å². The van der Waals surface area contributed by atoms with Crippen molar-refractivity contribution in [3.63, 3.8) is 0 Å². The normalized spacial score (nSPS) is 15.0. The maximum atomic E-state index is 15.8. The molecule has 0 radical (unpaired) electrons. The number of ether oxygens (including phenoxy) is 1. The lowest BCUT2D eigenvalue weighted by Gasteiger charge is -2.38. The highest BCUT2D eigenvalue weighted by molar-refractivity contribution is 5.54. The molecule has 2 aromatic carbocycles. The van der Waals surface area contributed by atoms with Crippen LogP contribution in [0.15, 0.2) is 59.8 Å². The molecule has 8 nitrogen and oxygen atoms in total. The lowest BCUT2D eigenvalue weighted by Crippen LogP contribution is -2.54. The standard InChI is InChI=1S/C24H19F5N6O2/c1-34-14-32-35(33-34)13-23(36,19-5-3-17(25)9-21(19)27)24(28,29)22-7-4-18(11-31-22)37-12-15-2-6-20(26)16(8-15)10-30/h2-9,11,14,33,36H,12-13H2,1H3. The molecule has 1 unspecified atom stereocenters. The van der Waals surface area contributed by atoms with Gasteiger partial charge in [0, 0.05) is 18.7 Å². The van der Waals surface area contributed by atoms with Gasteiger partial charge in [0.15, 0.2) is 5.60 Å². The number of β-amino-alcohol motifs (C(OH)–C–C–N with tert-alkyl or cyclic N) is 1.